The summed E-state index contributed by atoms with van der Waals surface area (Å²) >= 11 is 0. The summed E-state index contributed by atoms with van der Waals surface area (Å²) in [6.45, 7) is 2.03. The minimum Gasteiger partial charge on any atom is -0.310 e. The molecule has 9 aromatic carbocycles. The van der Waals surface area contributed by atoms with Gasteiger partial charge >= 0.3 is 0 Å². The van der Waals surface area contributed by atoms with Crippen molar-refractivity contribution in [3.05, 3.63) is 236 Å². The number of benzene rings is 9. The summed E-state index contributed by atoms with van der Waals surface area (Å²) in [6.07, 6.45) is 0. The van der Waals surface area contributed by atoms with Crippen LogP contribution < -0.4 is 46.5 Å². The maximum absolute atomic E-state index is 16.9. The van der Waals surface area contributed by atoms with Gasteiger partial charge in [-0.15, -0.1) is 0 Å². The van der Waals surface area contributed by atoms with E-state index in [9.17, 15) is 0 Å². The standard InChI is InChI=1S/C55H41N3O2P2/c1-40-36-53-55-54(37-40)62(60,48-30-18-7-19-31-48)52-39-46(57(43-24-12-4-13-25-43)44-26-14-5-15-27-44)33-35-50(52)58(55)49-34-32-45(38-51(49)61(53,59)47-28-16-6-17-29-47)56(41-20-8-2-9-21-41)42-22-10-3-11-23-42/h2-39H,1H3. The van der Waals surface area contributed by atoms with Crippen LogP contribution in [-0.4, -0.2) is 0 Å². The zero-order valence-electron chi connectivity index (χ0n) is 34.0. The van der Waals surface area contributed by atoms with Gasteiger partial charge in [0.1, 0.15) is 0 Å². The van der Waals surface area contributed by atoms with Crippen LogP contribution in [0.1, 0.15) is 5.56 Å². The van der Waals surface area contributed by atoms with Gasteiger partial charge in [-0.25, -0.2) is 0 Å². The number of hydrogen-bond acceptors (Lipinski definition) is 5. The lowest BCUT2D eigenvalue weighted by Gasteiger charge is -2.45. The van der Waals surface area contributed by atoms with E-state index in [2.05, 4.69) is 112 Å². The zero-order valence-corrected chi connectivity index (χ0v) is 35.8. The highest BCUT2D eigenvalue weighted by atomic mass is 31.2. The van der Waals surface area contributed by atoms with E-state index in [0.717, 1.165) is 78.0 Å². The molecule has 11 rings (SSSR count). The maximum atomic E-state index is 16.9. The molecular formula is C55H41N3O2P2. The van der Waals surface area contributed by atoms with Crippen LogP contribution in [0.2, 0.25) is 0 Å². The van der Waals surface area contributed by atoms with Crippen LogP contribution in [-0.2, 0) is 9.13 Å². The third kappa shape index (κ3) is 5.92. The summed E-state index contributed by atoms with van der Waals surface area (Å²) in [5.41, 5.74) is 8.97. The van der Waals surface area contributed by atoms with E-state index in [1.165, 1.54) is 0 Å². The molecule has 0 aliphatic carbocycles. The van der Waals surface area contributed by atoms with Crippen LogP contribution in [0.3, 0.4) is 0 Å². The summed E-state index contributed by atoms with van der Waals surface area (Å²) in [6, 6.07) is 77.8. The SMILES string of the molecule is Cc1cc2c3c(c1)P(=O)(c1ccccc1)c1cc(N(c4ccccc4)c4ccccc4)ccc1N3c1ccc(N(c3ccccc3)c3ccccc3)cc1P2(=O)c1ccccc1. The maximum Gasteiger partial charge on any atom is 0.175 e. The molecule has 0 N–H and O–H groups in total. The topological polar surface area (TPSA) is 43.9 Å². The predicted octanol–water partition coefficient (Wildman–Crippen LogP) is 12.3. The molecule has 2 atom stereocenters. The number of fused-ring (bicyclic) bond motifs is 4. The van der Waals surface area contributed by atoms with Gasteiger partial charge in [0.2, 0.25) is 0 Å². The summed E-state index contributed by atoms with van der Waals surface area (Å²) < 4.78 is 33.8. The molecule has 0 spiro atoms. The lowest BCUT2D eigenvalue weighted by atomic mass is 10.1. The largest absolute Gasteiger partial charge is 0.310 e. The first-order valence-electron chi connectivity index (χ1n) is 20.8. The molecule has 0 amide bonds. The quantitative estimate of drug-likeness (QED) is 0.143. The van der Waals surface area contributed by atoms with E-state index in [1.807, 2.05) is 140 Å². The Kier molecular flexibility index (Phi) is 9.20. The Morgan fingerprint density at radius 3 is 0.968 bits per heavy atom. The minimum atomic E-state index is -3.63. The van der Waals surface area contributed by atoms with E-state index in [1.54, 1.807) is 0 Å². The van der Waals surface area contributed by atoms with Crippen LogP contribution in [0, 0.1) is 6.92 Å². The van der Waals surface area contributed by atoms with E-state index < -0.39 is 14.3 Å². The molecule has 2 heterocycles. The van der Waals surface area contributed by atoms with E-state index in [0.29, 0.717) is 10.6 Å². The molecule has 298 valence electrons. The Morgan fingerprint density at radius 1 is 0.339 bits per heavy atom. The van der Waals surface area contributed by atoms with Crippen molar-refractivity contribution in [1.82, 2.24) is 0 Å². The van der Waals surface area contributed by atoms with Gasteiger partial charge in [0, 0.05) is 66.0 Å². The number of para-hydroxylation sites is 4. The monoisotopic (exact) mass is 837 g/mol. The highest BCUT2D eigenvalue weighted by molar-refractivity contribution is 7.88. The summed E-state index contributed by atoms with van der Waals surface area (Å²) in [7, 11) is -7.26. The molecule has 0 bridgehead atoms. The van der Waals surface area contributed by atoms with Crippen molar-refractivity contribution in [1.29, 1.82) is 0 Å². The van der Waals surface area contributed by atoms with Gasteiger partial charge in [-0.3, -0.25) is 0 Å². The molecule has 2 unspecified atom stereocenters. The Morgan fingerprint density at radius 2 is 0.645 bits per heavy atom. The minimum absolute atomic E-state index is 0.690. The van der Waals surface area contributed by atoms with Crippen molar-refractivity contribution in [3.8, 4) is 0 Å². The predicted molar refractivity (Wildman–Crippen MR) is 261 cm³/mol. The molecule has 5 nitrogen and oxygen atoms in total. The van der Waals surface area contributed by atoms with Gasteiger partial charge in [0.15, 0.2) is 14.3 Å². The Hall–Kier alpha value is -7.16. The van der Waals surface area contributed by atoms with Crippen LogP contribution in [0.25, 0.3) is 0 Å². The number of anilines is 9. The Bertz CT molecular complexity index is 2910. The molecule has 2 aliphatic rings. The molecule has 62 heavy (non-hydrogen) atoms. The smallest absolute Gasteiger partial charge is 0.175 e. The molecule has 0 saturated heterocycles. The first-order valence-corrected chi connectivity index (χ1v) is 24.2. The van der Waals surface area contributed by atoms with Crippen molar-refractivity contribution >= 4 is 97.3 Å². The summed E-state index contributed by atoms with van der Waals surface area (Å²) in [5, 5.41) is 4.29. The van der Waals surface area contributed by atoms with Gasteiger partial charge in [-0.1, -0.05) is 133 Å². The van der Waals surface area contributed by atoms with Gasteiger partial charge in [0.05, 0.1) is 17.1 Å². The fourth-order valence-electron chi connectivity index (χ4n) is 9.30. The molecule has 0 radical (unpaired) electrons. The normalized spacial score (nSPS) is 17.0. The fourth-order valence-corrected chi connectivity index (χ4v) is 15.6. The van der Waals surface area contributed by atoms with Crippen molar-refractivity contribution in [2.75, 3.05) is 14.7 Å². The second-order valence-corrected chi connectivity index (χ2v) is 21.1. The van der Waals surface area contributed by atoms with Crippen molar-refractivity contribution in [2.24, 2.45) is 0 Å². The summed E-state index contributed by atoms with van der Waals surface area (Å²) in [5.74, 6) is 0. The van der Waals surface area contributed by atoms with Gasteiger partial charge in [-0.05, 0) is 110 Å². The second-order valence-electron chi connectivity index (χ2n) is 15.7. The lowest BCUT2D eigenvalue weighted by Crippen LogP contribution is -2.46. The average molecular weight is 838 g/mol. The van der Waals surface area contributed by atoms with Crippen molar-refractivity contribution in [2.45, 2.75) is 6.92 Å². The average Bonchev–Trinajstić information content (AvgIpc) is 3.33. The van der Waals surface area contributed by atoms with E-state index >= 15 is 9.13 Å². The van der Waals surface area contributed by atoms with Crippen molar-refractivity contribution in [3.63, 3.8) is 0 Å². The van der Waals surface area contributed by atoms with E-state index in [4.69, 9.17) is 0 Å². The molecule has 0 aromatic heterocycles. The second kappa shape index (κ2) is 15.1. The van der Waals surface area contributed by atoms with Crippen molar-refractivity contribution < 1.29 is 9.13 Å². The number of aryl methyl sites for hydroxylation is 1. The molecule has 0 saturated carbocycles. The highest BCUT2D eigenvalue weighted by Crippen LogP contribution is 2.61. The molecule has 7 heteroatoms. The molecule has 9 aromatic rings. The fraction of sp³-hybridized carbons (Fsp3) is 0.0182. The van der Waals surface area contributed by atoms with Crippen LogP contribution in [0.5, 0.6) is 0 Å². The number of nitrogens with zero attached hydrogens (tertiary/aromatic N) is 3. The molecule has 0 fully saturated rings. The Labute approximate surface area is 362 Å². The lowest BCUT2D eigenvalue weighted by molar-refractivity contribution is 0.592. The molecular weight excluding hydrogens is 797 g/mol. The third-order valence-corrected chi connectivity index (χ3v) is 18.2. The number of hydrogen-bond donors (Lipinski definition) is 0. The zero-order chi connectivity index (χ0) is 41.8. The van der Waals surface area contributed by atoms with Gasteiger partial charge < -0.3 is 23.8 Å². The Balaban J connectivity index is 1.22. The van der Waals surface area contributed by atoms with Crippen LogP contribution in [0.4, 0.5) is 51.2 Å². The first-order chi connectivity index (χ1) is 30.4. The van der Waals surface area contributed by atoms with E-state index in [-0.39, 0.29) is 0 Å². The summed E-state index contributed by atoms with van der Waals surface area (Å²) in [4.78, 5) is 6.68. The number of rotatable bonds is 8. The van der Waals surface area contributed by atoms with Gasteiger partial charge in [-0.2, -0.15) is 0 Å². The third-order valence-electron chi connectivity index (χ3n) is 12.0. The molecule has 2 aliphatic heterocycles. The van der Waals surface area contributed by atoms with Gasteiger partial charge in [0.25, 0.3) is 0 Å². The van der Waals surface area contributed by atoms with Crippen LogP contribution >= 0.6 is 14.3 Å². The highest BCUT2D eigenvalue weighted by Gasteiger charge is 2.50. The first kappa shape index (κ1) is 37.8. The van der Waals surface area contributed by atoms with Crippen LogP contribution in [0.15, 0.2) is 231 Å².